The molecule has 0 unspecified atom stereocenters. The lowest BCUT2D eigenvalue weighted by Crippen LogP contribution is -2.44. The van der Waals surface area contributed by atoms with E-state index in [0.717, 1.165) is 29.4 Å². The Bertz CT molecular complexity index is 1000. The number of methoxy groups -OCH3 is 1. The van der Waals surface area contributed by atoms with Gasteiger partial charge in [0, 0.05) is 18.3 Å². The summed E-state index contributed by atoms with van der Waals surface area (Å²) < 4.78 is 10.1. The Morgan fingerprint density at radius 2 is 1.58 bits per heavy atom. The van der Waals surface area contributed by atoms with Gasteiger partial charge in [-0.05, 0) is 28.7 Å². The van der Waals surface area contributed by atoms with Crippen molar-refractivity contribution < 1.29 is 33.8 Å². The van der Waals surface area contributed by atoms with E-state index in [9.17, 15) is 19.2 Å². The third kappa shape index (κ3) is 5.77. The highest BCUT2D eigenvalue weighted by molar-refractivity contribution is 5.88. The van der Waals surface area contributed by atoms with Crippen molar-refractivity contribution in [2.75, 3.05) is 13.7 Å². The molecule has 0 aliphatic heterocycles. The molecule has 1 aliphatic carbocycles. The number of carbonyl (C=O) groups excluding carboxylic acids is 3. The van der Waals surface area contributed by atoms with E-state index in [4.69, 9.17) is 9.84 Å². The van der Waals surface area contributed by atoms with E-state index >= 15 is 0 Å². The van der Waals surface area contributed by atoms with E-state index in [0.29, 0.717) is 0 Å². The minimum absolute atomic E-state index is 0.0785. The lowest BCUT2D eigenvalue weighted by molar-refractivity contribution is -0.148. The van der Waals surface area contributed by atoms with Crippen molar-refractivity contribution in [3.63, 3.8) is 0 Å². The quantitative estimate of drug-likeness (QED) is 0.531. The number of aliphatic carboxylic acids is 1. The fourth-order valence-corrected chi connectivity index (χ4v) is 3.99. The molecule has 174 valence electrons. The van der Waals surface area contributed by atoms with E-state index in [1.807, 2.05) is 48.5 Å². The number of esters is 2. The topological polar surface area (TPSA) is 119 Å². The highest BCUT2D eigenvalue weighted by atomic mass is 16.5. The zero-order valence-corrected chi connectivity index (χ0v) is 18.6. The molecule has 8 heteroatoms. The molecule has 2 atom stereocenters. The van der Waals surface area contributed by atoms with Crippen molar-refractivity contribution >= 4 is 23.8 Å². The van der Waals surface area contributed by atoms with Gasteiger partial charge in [-0.25, -0.2) is 4.79 Å². The SMILES string of the molecule is COC(=O)[C@@H](CCC(=O)O)NC(=O)[C@H](C)CC(=O)OCC1c2ccccc2-c2ccccc21. The molecule has 0 aromatic heterocycles. The van der Waals surface area contributed by atoms with Crippen LogP contribution in [0.15, 0.2) is 48.5 Å². The highest BCUT2D eigenvalue weighted by Gasteiger charge is 2.30. The van der Waals surface area contributed by atoms with Crippen LogP contribution in [0.5, 0.6) is 0 Å². The molecule has 33 heavy (non-hydrogen) atoms. The lowest BCUT2D eigenvalue weighted by Gasteiger charge is -2.19. The van der Waals surface area contributed by atoms with Crippen LogP contribution in [0.25, 0.3) is 11.1 Å². The number of carboxylic acid groups (broad SMARTS) is 1. The van der Waals surface area contributed by atoms with E-state index in [1.54, 1.807) is 6.92 Å². The van der Waals surface area contributed by atoms with Crippen LogP contribution in [0.2, 0.25) is 0 Å². The molecular weight excluding hydrogens is 426 g/mol. The number of hydrogen-bond donors (Lipinski definition) is 2. The van der Waals surface area contributed by atoms with Crippen LogP contribution in [0.3, 0.4) is 0 Å². The van der Waals surface area contributed by atoms with Crippen LogP contribution in [0.4, 0.5) is 0 Å². The zero-order valence-electron chi connectivity index (χ0n) is 18.6. The van der Waals surface area contributed by atoms with Crippen LogP contribution >= 0.6 is 0 Å². The van der Waals surface area contributed by atoms with E-state index < -0.39 is 35.8 Å². The van der Waals surface area contributed by atoms with Gasteiger partial charge in [-0.15, -0.1) is 0 Å². The summed E-state index contributed by atoms with van der Waals surface area (Å²) in [6.07, 6.45) is -0.582. The normalized spacial score (nSPS) is 13.9. The van der Waals surface area contributed by atoms with Crippen LogP contribution in [0, 0.1) is 5.92 Å². The fourth-order valence-electron chi connectivity index (χ4n) is 3.99. The summed E-state index contributed by atoms with van der Waals surface area (Å²) in [6.45, 7) is 1.70. The first-order valence-electron chi connectivity index (χ1n) is 10.8. The standard InChI is InChI=1S/C25H27NO7/c1-15(24(30)26-21(25(31)32-2)11-12-22(27)28)13-23(29)33-14-20-18-9-5-3-7-16(18)17-8-4-6-10-19(17)20/h3-10,15,20-21H,11-14H2,1-2H3,(H,26,30)(H,27,28)/t15-,21-/m1/s1. The number of rotatable bonds is 10. The van der Waals surface area contributed by atoms with Gasteiger partial charge in [0.05, 0.1) is 13.5 Å². The summed E-state index contributed by atoms with van der Waals surface area (Å²) in [7, 11) is 1.16. The van der Waals surface area contributed by atoms with Crippen molar-refractivity contribution in [2.24, 2.45) is 5.92 Å². The molecule has 1 amide bonds. The van der Waals surface area contributed by atoms with Crippen molar-refractivity contribution in [1.29, 1.82) is 0 Å². The Labute approximate surface area is 191 Å². The first-order chi connectivity index (χ1) is 15.8. The maximum Gasteiger partial charge on any atom is 0.328 e. The van der Waals surface area contributed by atoms with Gasteiger partial charge in [0.15, 0.2) is 0 Å². The number of ether oxygens (including phenoxy) is 2. The van der Waals surface area contributed by atoms with Crippen molar-refractivity contribution in [1.82, 2.24) is 5.32 Å². The molecule has 0 saturated heterocycles. The summed E-state index contributed by atoms with van der Waals surface area (Å²) in [5.74, 6) is -3.76. The van der Waals surface area contributed by atoms with Crippen LogP contribution < -0.4 is 5.32 Å². The largest absolute Gasteiger partial charge is 0.481 e. The Morgan fingerprint density at radius 3 is 2.12 bits per heavy atom. The van der Waals surface area contributed by atoms with Crippen molar-refractivity contribution in [3.8, 4) is 11.1 Å². The second-order valence-electron chi connectivity index (χ2n) is 8.03. The van der Waals surface area contributed by atoms with Gasteiger partial charge in [0.1, 0.15) is 12.6 Å². The second kappa shape index (κ2) is 10.8. The Hall–Kier alpha value is -3.68. The maximum absolute atomic E-state index is 12.5. The average Bonchev–Trinajstić information content (AvgIpc) is 3.13. The van der Waals surface area contributed by atoms with Crippen molar-refractivity contribution in [2.45, 2.75) is 38.1 Å². The number of fused-ring (bicyclic) bond motifs is 3. The molecule has 3 rings (SSSR count). The van der Waals surface area contributed by atoms with E-state index in [1.165, 1.54) is 0 Å². The predicted octanol–water partition coefficient (Wildman–Crippen LogP) is 2.89. The summed E-state index contributed by atoms with van der Waals surface area (Å²) in [6, 6.07) is 14.9. The molecule has 0 heterocycles. The second-order valence-corrected chi connectivity index (χ2v) is 8.03. The molecule has 2 aromatic carbocycles. The highest BCUT2D eigenvalue weighted by Crippen LogP contribution is 2.44. The summed E-state index contributed by atoms with van der Waals surface area (Å²) >= 11 is 0. The predicted molar refractivity (Wildman–Crippen MR) is 119 cm³/mol. The number of hydrogen-bond acceptors (Lipinski definition) is 6. The third-order valence-corrected chi connectivity index (χ3v) is 5.74. The van der Waals surface area contributed by atoms with Gasteiger partial charge in [0.25, 0.3) is 0 Å². The minimum atomic E-state index is -1.09. The zero-order chi connectivity index (χ0) is 24.0. The molecular formula is C25H27NO7. The third-order valence-electron chi connectivity index (χ3n) is 5.74. The minimum Gasteiger partial charge on any atom is -0.481 e. The van der Waals surface area contributed by atoms with Gasteiger partial charge < -0.3 is 19.9 Å². The number of nitrogens with one attached hydrogen (secondary N) is 1. The van der Waals surface area contributed by atoms with Gasteiger partial charge >= 0.3 is 17.9 Å². The molecule has 0 bridgehead atoms. The summed E-state index contributed by atoms with van der Waals surface area (Å²) in [5, 5.41) is 11.3. The number of carboxylic acids is 1. The molecule has 1 aliphatic rings. The molecule has 0 spiro atoms. The van der Waals surface area contributed by atoms with Gasteiger partial charge in [-0.1, -0.05) is 55.5 Å². The van der Waals surface area contributed by atoms with E-state index in [2.05, 4.69) is 10.1 Å². The molecule has 2 aromatic rings. The molecule has 0 saturated carbocycles. The Morgan fingerprint density at radius 1 is 1.00 bits per heavy atom. The summed E-state index contributed by atoms with van der Waals surface area (Å²) in [4.78, 5) is 47.5. The molecule has 0 radical (unpaired) electrons. The molecule has 0 fully saturated rings. The lowest BCUT2D eigenvalue weighted by atomic mass is 9.98. The number of carbonyl (C=O) groups is 4. The first kappa shape index (κ1) is 24.0. The number of amides is 1. The maximum atomic E-state index is 12.5. The Balaban J connectivity index is 1.57. The van der Waals surface area contributed by atoms with Crippen molar-refractivity contribution in [3.05, 3.63) is 59.7 Å². The Kier molecular flexibility index (Phi) is 7.82. The molecule has 8 nitrogen and oxygen atoms in total. The summed E-state index contributed by atoms with van der Waals surface area (Å²) in [5.41, 5.74) is 4.43. The molecule has 2 N–H and O–H groups in total. The van der Waals surface area contributed by atoms with Gasteiger partial charge in [-0.2, -0.15) is 0 Å². The first-order valence-corrected chi connectivity index (χ1v) is 10.8. The number of benzene rings is 2. The van der Waals surface area contributed by atoms with Gasteiger partial charge in [-0.3, -0.25) is 14.4 Å². The van der Waals surface area contributed by atoms with Crippen LogP contribution in [-0.4, -0.2) is 48.7 Å². The van der Waals surface area contributed by atoms with E-state index in [-0.39, 0.29) is 31.8 Å². The smallest absolute Gasteiger partial charge is 0.328 e. The average molecular weight is 453 g/mol. The fraction of sp³-hybridized carbons (Fsp3) is 0.360. The van der Waals surface area contributed by atoms with Crippen LogP contribution in [0.1, 0.15) is 43.2 Å². The van der Waals surface area contributed by atoms with Crippen LogP contribution in [-0.2, 0) is 28.7 Å². The monoisotopic (exact) mass is 453 g/mol. The van der Waals surface area contributed by atoms with Gasteiger partial charge in [0.2, 0.25) is 5.91 Å².